The zero-order chi connectivity index (χ0) is 19.2. The van der Waals surface area contributed by atoms with Crippen LogP contribution in [0.5, 0.6) is 11.5 Å². The van der Waals surface area contributed by atoms with Gasteiger partial charge in [-0.1, -0.05) is 18.2 Å². The van der Waals surface area contributed by atoms with Gasteiger partial charge >= 0.3 is 0 Å². The van der Waals surface area contributed by atoms with Crippen LogP contribution < -0.4 is 14.8 Å². The lowest BCUT2D eigenvalue weighted by atomic mass is 10.2. The molecule has 1 heterocycles. The number of aryl methyl sites for hydroxylation is 1. The van der Waals surface area contributed by atoms with Crippen molar-refractivity contribution in [2.45, 2.75) is 20.4 Å². The maximum atomic E-state index is 12.6. The first-order valence-electron chi connectivity index (χ1n) is 8.73. The van der Waals surface area contributed by atoms with Gasteiger partial charge in [-0.15, -0.1) is 11.3 Å². The number of nitrogens with zero attached hydrogens (tertiary/aromatic N) is 1. The minimum absolute atomic E-state index is 0.131. The lowest BCUT2D eigenvalue weighted by molar-refractivity contribution is 0.0954. The number of hydrogen-bond acceptors (Lipinski definition) is 5. The van der Waals surface area contributed by atoms with E-state index >= 15 is 0 Å². The molecule has 2 aromatic carbocycles. The summed E-state index contributed by atoms with van der Waals surface area (Å²) in [4.78, 5) is 17.8. The molecule has 0 aliphatic heterocycles. The van der Waals surface area contributed by atoms with E-state index in [1.54, 1.807) is 7.11 Å². The van der Waals surface area contributed by atoms with Gasteiger partial charge in [0.2, 0.25) is 0 Å². The van der Waals surface area contributed by atoms with E-state index in [-0.39, 0.29) is 5.91 Å². The Morgan fingerprint density at radius 1 is 1.15 bits per heavy atom. The van der Waals surface area contributed by atoms with E-state index in [1.807, 2.05) is 62.4 Å². The summed E-state index contributed by atoms with van der Waals surface area (Å²) >= 11 is 1.39. The number of hydrogen-bond donors (Lipinski definition) is 1. The standard InChI is InChI=1S/C21H22N2O3S/c1-4-26-17-11-9-15(10-12-17)21-23-14(2)19(27-21)20(24)22-13-16-7-5-6-8-18(16)25-3/h5-12H,4,13H2,1-3H3,(H,22,24). The van der Waals surface area contributed by atoms with Crippen LogP contribution >= 0.6 is 11.3 Å². The number of amides is 1. The summed E-state index contributed by atoms with van der Waals surface area (Å²) < 4.78 is 10.8. The fraction of sp³-hybridized carbons (Fsp3) is 0.238. The summed E-state index contributed by atoms with van der Waals surface area (Å²) in [6, 6.07) is 15.4. The van der Waals surface area contributed by atoms with E-state index in [1.165, 1.54) is 11.3 Å². The van der Waals surface area contributed by atoms with Crippen molar-refractivity contribution in [3.63, 3.8) is 0 Å². The van der Waals surface area contributed by atoms with Gasteiger partial charge in [-0.05, 0) is 44.2 Å². The molecule has 6 heteroatoms. The van der Waals surface area contributed by atoms with Crippen LogP contribution in [-0.2, 0) is 6.54 Å². The number of nitrogens with one attached hydrogen (secondary N) is 1. The van der Waals surface area contributed by atoms with Gasteiger partial charge in [0, 0.05) is 17.7 Å². The Labute approximate surface area is 163 Å². The Balaban J connectivity index is 1.72. The summed E-state index contributed by atoms with van der Waals surface area (Å²) in [7, 11) is 1.62. The molecule has 0 saturated heterocycles. The second kappa shape index (κ2) is 8.68. The van der Waals surface area contributed by atoms with Crippen LogP contribution in [0.2, 0.25) is 0 Å². The van der Waals surface area contributed by atoms with Gasteiger partial charge in [-0.3, -0.25) is 4.79 Å². The minimum Gasteiger partial charge on any atom is -0.496 e. The number of carbonyl (C=O) groups is 1. The summed E-state index contributed by atoms with van der Waals surface area (Å²) in [6.07, 6.45) is 0. The molecule has 27 heavy (non-hydrogen) atoms. The van der Waals surface area contributed by atoms with Crippen molar-refractivity contribution in [3.8, 4) is 22.1 Å². The second-order valence-corrected chi connectivity index (χ2v) is 6.88. The number of ether oxygens (including phenoxy) is 2. The van der Waals surface area contributed by atoms with Crippen LogP contribution in [0.25, 0.3) is 10.6 Å². The Morgan fingerprint density at radius 2 is 1.89 bits per heavy atom. The average Bonchev–Trinajstić information content (AvgIpc) is 3.09. The van der Waals surface area contributed by atoms with Crippen molar-refractivity contribution in [2.75, 3.05) is 13.7 Å². The van der Waals surface area contributed by atoms with E-state index in [0.29, 0.717) is 18.0 Å². The molecule has 0 radical (unpaired) electrons. The Morgan fingerprint density at radius 3 is 2.59 bits per heavy atom. The molecule has 3 aromatic rings. The molecule has 0 spiro atoms. The smallest absolute Gasteiger partial charge is 0.263 e. The molecule has 1 amide bonds. The molecule has 140 valence electrons. The van der Waals surface area contributed by atoms with Crippen molar-refractivity contribution in [1.29, 1.82) is 0 Å². The average molecular weight is 382 g/mol. The molecule has 1 N–H and O–H groups in total. The largest absolute Gasteiger partial charge is 0.496 e. The molecule has 1 aromatic heterocycles. The van der Waals surface area contributed by atoms with Gasteiger partial charge in [0.25, 0.3) is 5.91 Å². The fourth-order valence-corrected chi connectivity index (χ4v) is 3.68. The van der Waals surface area contributed by atoms with Gasteiger partial charge in [0.15, 0.2) is 0 Å². The quantitative estimate of drug-likeness (QED) is 0.656. The first-order chi connectivity index (χ1) is 13.1. The number of aromatic nitrogens is 1. The van der Waals surface area contributed by atoms with Crippen molar-refractivity contribution in [2.24, 2.45) is 0 Å². The van der Waals surface area contributed by atoms with E-state index in [9.17, 15) is 4.79 Å². The van der Waals surface area contributed by atoms with Gasteiger partial charge in [-0.25, -0.2) is 4.98 Å². The highest BCUT2D eigenvalue weighted by Crippen LogP contribution is 2.29. The predicted molar refractivity (Wildman–Crippen MR) is 108 cm³/mol. The topological polar surface area (TPSA) is 60.5 Å². The van der Waals surface area contributed by atoms with Crippen LogP contribution in [0.3, 0.4) is 0 Å². The number of thiazole rings is 1. The highest BCUT2D eigenvalue weighted by Gasteiger charge is 2.16. The SMILES string of the molecule is CCOc1ccc(-c2nc(C)c(C(=O)NCc3ccccc3OC)s2)cc1. The summed E-state index contributed by atoms with van der Waals surface area (Å²) in [5.74, 6) is 1.45. The second-order valence-electron chi connectivity index (χ2n) is 5.89. The molecule has 5 nitrogen and oxygen atoms in total. The van der Waals surface area contributed by atoms with E-state index in [4.69, 9.17) is 9.47 Å². The Hall–Kier alpha value is -2.86. The number of methoxy groups -OCH3 is 1. The molecule has 0 aliphatic rings. The van der Waals surface area contributed by atoms with Crippen LogP contribution in [-0.4, -0.2) is 24.6 Å². The molecule has 0 bridgehead atoms. The number of rotatable bonds is 7. The maximum absolute atomic E-state index is 12.6. The van der Waals surface area contributed by atoms with Gasteiger partial charge in [0.1, 0.15) is 21.4 Å². The zero-order valence-corrected chi connectivity index (χ0v) is 16.4. The third-order valence-electron chi connectivity index (χ3n) is 4.05. The highest BCUT2D eigenvalue weighted by molar-refractivity contribution is 7.17. The molecule has 0 saturated carbocycles. The lowest BCUT2D eigenvalue weighted by Gasteiger charge is -2.09. The normalized spacial score (nSPS) is 10.5. The van der Waals surface area contributed by atoms with Crippen LogP contribution in [0, 0.1) is 6.92 Å². The van der Waals surface area contributed by atoms with Gasteiger partial charge < -0.3 is 14.8 Å². The third kappa shape index (κ3) is 4.46. The first-order valence-corrected chi connectivity index (χ1v) is 9.54. The summed E-state index contributed by atoms with van der Waals surface area (Å²) in [5, 5.41) is 3.77. The monoisotopic (exact) mass is 382 g/mol. The van der Waals surface area contributed by atoms with Crippen LogP contribution in [0.1, 0.15) is 27.9 Å². The zero-order valence-electron chi connectivity index (χ0n) is 15.6. The Bertz CT molecular complexity index is 919. The lowest BCUT2D eigenvalue weighted by Crippen LogP contribution is -2.22. The number of carbonyl (C=O) groups excluding carboxylic acids is 1. The number of para-hydroxylation sites is 1. The summed E-state index contributed by atoms with van der Waals surface area (Å²) in [6.45, 7) is 4.84. The minimum atomic E-state index is -0.131. The van der Waals surface area contributed by atoms with Gasteiger partial charge in [0.05, 0.1) is 19.4 Å². The number of benzene rings is 2. The molecule has 0 unspecified atom stereocenters. The fourth-order valence-electron chi connectivity index (χ4n) is 2.70. The Kier molecular flexibility index (Phi) is 6.08. The maximum Gasteiger partial charge on any atom is 0.263 e. The molecular formula is C21H22N2O3S. The third-order valence-corrected chi connectivity index (χ3v) is 5.25. The molecule has 3 rings (SSSR count). The van der Waals surface area contributed by atoms with Crippen molar-refractivity contribution >= 4 is 17.2 Å². The van der Waals surface area contributed by atoms with E-state index < -0.39 is 0 Å². The van der Waals surface area contributed by atoms with Crippen LogP contribution in [0.4, 0.5) is 0 Å². The molecule has 0 aliphatic carbocycles. The van der Waals surface area contributed by atoms with E-state index in [0.717, 1.165) is 33.3 Å². The first kappa shape index (κ1) is 18.9. The molecular weight excluding hydrogens is 360 g/mol. The van der Waals surface area contributed by atoms with Crippen molar-refractivity contribution in [3.05, 3.63) is 64.7 Å². The van der Waals surface area contributed by atoms with Crippen LogP contribution in [0.15, 0.2) is 48.5 Å². The van der Waals surface area contributed by atoms with Crippen molar-refractivity contribution in [1.82, 2.24) is 10.3 Å². The predicted octanol–water partition coefficient (Wildman–Crippen LogP) is 4.46. The van der Waals surface area contributed by atoms with E-state index in [2.05, 4.69) is 10.3 Å². The van der Waals surface area contributed by atoms with Gasteiger partial charge in [-0.2, -0.15) is 0 Å². The molecule has 0 atom stereocenters. The highest BCUT2D eigenvalue weighted by atomic mass is 32.1. The van der Waals surface area contributed by atoms with Crippen molar-refractivity contribution < 1.29 is 14.3 Å². The summed E-state index contributed by atoms with van der Waals surface area (Å²) in [5.41, 5.74) is 2.62. The molecule has 0 fully saturated rings.